The van der Waals surface area contributed by atoms with Gasteiger partial charge in [0.2, 0.25) is 10.0 Å². The van der Waals surface area contributed by atoms with Crippen LogP contribution in [0.3, 0.4) is 0 Å². The molecule has 0 N–H and O–H groups in total. The van der Waals surface area contributed by atoms with Gasteiger partial charge in [0, 0.05) is 30.7 Å². The van der Waals surface area contributed by atoms with Gasteiger partial charge in [-0.05, 0) is 55.3 Å². The Morgan fingerprint density at radius 2 is 1.73 bits per heavy atom. The first-order chi connectivity index (χ1) is 14.3. The van der Waals surface area contributed by atoms with E-state index in [-0.39, 0.29) is 4.90 Å². The Balaban J connectivity index is 1.90. The molecule has 0 fully saturated rings. The predicted octanol–water partition coefficient (Wildman–Crippen LogP) is 4.45. The zero-order valence-corrected chi connectivity index (χ0v) is 19.5. The lowest BCUT2D eigenvalue weighted by atomic mass is 10.2. The lowest BCUT2D eigenvalue weighted by molar-refractivity contribution is 0.0998. The van der Waals surface area contributed by atoms with Crippen molar-refractivity contribution in [1.82, 2.24) is 8.87 Å². The Morgan fingerprint density at radius 1 is 1.10 bits per heavy atom. The number of aromatic nitrogens is 1. The van der Waals surface area contributed by atoms with E-state index in [0.29, 0.717) is 28.5 Å². The fourth-order valence-electron chi connectivity index (χ4n) is 3.14. The van der Waals surface area contributed by atoms with Crippen molar-refractivity contribution >= 4 is 49.1 Å². The third kappa shape index (κ3) is 4.67. The van der Waals surface area contributed by atoms with Crippen LogP contribution in [0, 0.1) is 0 Å². The fourth-order valence-corrected chi connectivity index (χ4v) is 6.05. The summed E-state index contributed by atoms with van der Waals surface area (Å²) in [6, 6.07) is 11.5. The van der Waals surface area contributed by atoms with Crippen molar-refractivity contribution in [2.75, 3.05) is 13.1 Å². The number of hydrogen-bond donors (Lipinski definition) is 0. The molecule has 0 aliphatic rings. The summed E-state index contributed by atoms with van der Waals surface area (Å²) in [5.41, 5.74) is 1.27. The van der Waals surface area contributed by atoms with Crippen molar-refractivity contribution in [3.63, 3.8) is 0 Å². The summed E-state index contributed by atoms with van der Waals surface area (Å²) >= 11 is 7.41. The lowest BCUT2D eigenvalue weighted by Crippen LogP contribution is -2.32. The van der Waals surface area contributed by atoms with Gasteiger partial charge in [-0.3, -0.25) is 4.79 Å². The van der Waals surface area contributed by atoms with Gasteiger partial charge in [0.05, 0.1) is 15.1 Å². The van der Waals surface area contributed by atoms with E-state index >= 15 is 0 Å². The summed E-state index contributed by atoms with van der Waals surface area (Å²) in [4.78, 5) is 17.6. The highest BCUT2D eigenvalue weighted by molar-refractivity contribution is 7.89. The molecule has 0 saturated carbocycles. The van der Waals surface area contributed by atoms with Crippen LogP contribution < -0.4 is 4.80 Å². The maximum Gasteiger partial charge on any atom is 0.279 e. The number of thiazole rings is 1. The van der Waals surface area contributed by atoms with E-state index in [2.05, 4.69) is 4.99 Å². The molecule has 2 aromatic carbocycles. The van der Waals surface area contributed by atoms with E-state index < -0.39 is 15.9 Å². The molecule has 30 heavy (non-hydrogen) atoms. The Kier molecular flexibility index (Phi) is 7.13. The zero-order chi connectivity index (χ0) is 21.9. The number of fused-ring (bicyclic) bond motifs is 1. The summed E-state index contributed by atoms with van der Waals surface area (Å²) in [5.74, 6) is -0.425. The summed E-state index contributed by atoms with van der Waals surface area (Å²) < 4.78 is 30.0. The number of halogens is 1. The summed E-state index contributed by atoms with van der Waals surface area (Å²) in [5, 5.41) is 0.624. The zero-order valence-electron chi connectivity index (χ0n) is 17.1. The quantitative estimate of drug-likeness (QED) is 0.517. The minimum absolute atomic E-state index is 0.183. The van der Waals surface area contributed by atoms with Crippen LogP contribution in [0.2, 0.25) is 5.02 Å². The largest absolute Gasteiger partial charge is 0.319 e. The number of carbonyl (C=O) groups excluding carboxylic acids is 1. The second-order valence-corrected chi connectivity index (χ2v) is 10.3. The Bertz CT molecular complexity index is 1220. The van der Waals surface area contributed by atoms with Crippen molar-refractivity contribution in [2.45, 2.75) is 31.6 Å². The van der Waals surface area contributed by atoms with Gasteiger partial charge in [-0.15, -0.1) is 0 Å². The second kappa shape index (κ2) is 9.43. The molecule has 1 aromatic heterocycles. The van der Waals surface area contributed by atoms with Crippen molar-refractivity contribution in [1.29, 1.82) is 0 Å². The number of aryl methyl sites for hydroxylation is 1. The smallest absolute Gasteiger partial charge is 0.279 e. The second-order valence-electron chi connectivity index (χ2n) is 6.90. The number of sulfonamides is 1. The SMILES string of the molecule is CCCN(CCC)S(=O)(=O)c1ccc(C(=O)N=c2sc3cc(Cl)ccc3n2C)cc1. The monoisotopic (exact) mass is 465 g/mol. The standard InChI is InChI=1S/C21H24ClN3O3S2/c1-4-12-25(13-5-2)30(27,28)17-9-6-15(7-10-17)20(26)23-21-24(3)18-11-8-16(22)14-19(18)29-21/h6-11,14H,4-5,12-13H2,1-3H3. The van der Waals surface area contributed by atoms with Crippen LogP contribution in [0.15, 0.2) is 52.4 Å². The molecule has 0 aliphatic heterocycles. The molecule has 1 amide bonds. The van der Waals surface area contributed by atoms with Gasteiger partial charge in [0.15, 0.2) is 4.80 Å². The van der Waals surface area contributed by atoms with Gasteiger partial charge in [-0.2, -0.15) is 9.30 Å². The van der Waals surface area contributed by atoms with Crippen LogP contribution in [0.5, 0.6) is 0 Å². The lowest BCUT2D eigenvalue weighted by Gasteiger charge is -2.21. The maximum absolute atomic E-state index is 12.9. The molecule has 3 aromatic rings. The minimum Gasteiger partial charge on any atom is -0.319 e. The van der Waals surface area contributed by atoms with Gasteiger partial charge in [-0.25, -0.2) is 8.42 Å². The molecule has 0 aliphatic carbocycles. The first-order valence-corrected chi connectivity index (χ1v) is 12.4. The van der Waals surface area contributed by atoms with Crippen molar-refractivity contribution in [3.8, 4) is 0 Å². The molecule has 0 saturated heterocycles. The van der Waals surface area contributed by atoms with Gasteiger partial charge in [0.25, 0.3) is 5.91 Å². The van der Waals surface area contributed by atoms with Crippen molar-refractivity contribution in [2.24, 2.45) is 12.0 Å². The maximum atomic E-state index is 12.9. The molecule has 0 bridgehead atoms. The molecule has 3 rings (SSSR count). The molecule has 0 radical (unpaired) electrons. The van der Waals surface area contributed by atoms with Gasteiger partial charge in [-0.1, -0.05) is 36.8 Å². The molecular formula is C21H24ClN3O3S2. The van der Waals surface area contributed by atoms with Crippen LogP contribution >= 0.6 is 22.9 Å². The Hall–Kier alpha value is -2.00. The van der Waals surface area contributed by atoms with E-state index in [9.17, 15) is 13.2 Å². The molecule has 6 nitrogen and oxygen atoms in total. The number of nitrogens with zero attached hydrogens (tertiary/aromatic N) is 3. The molecular weight excluding hydrogens is 442 g/mol. The topological polar surface area (TPSA) is 71.7 Å². The highest BCUT2D eigenvalue weighted by atomic mass is 35.5. The number of carbonyl (C=O) groups is 1. The van der Waals surface area contributed by atoms with E-state index in [1.807, 2.05) is 37.6 Å². The first kappa shape index (κ1) is 22.7. The molecule has 1 heterocycles. The minimum atomic E-state index is -3.58. The highest BCUT2D eigenvalue weighted by Crippen LogP contribution is 2.21. The van der Waals surface area contributed by atoms with Crippen molar-refractivity contribution in [3.05, 3.63) is 57.9 Å². The fraction of sp³-hybridized carbons (Fsp3) is 0.333. The number of benzene rings is 2. The molecule has 0 spiro atoms. The third-order valence-electron chi connectivity index (χ3n) is 4.65. The Morgan fingerprint density at radius 3 is 2.33 bits per heavy atom. The average molecular weight is 466 g/mol. The predicted molar refractivity (Wildman–Crippen MR) is 121 cm³/mol. The summed E-state index contributed by atoms with van der Waals surface area (Å²) in [7, 11) is -1.74. The Labute approximate surface area is 185 Å². The van der Waals surface area contributed by atoms with E-state index in [1.165, 1.54) is 39.9 Å². The first-order valence-electron chi connectivity index (χ1n) is 9.72. The van der Waals surface area contributed by atoms with Crippen molar-refractivity contribution < 1.29 is 13.2 Å². The van der Waals surface area contributed by atoms with E-state index in [1.54, 1.807) is 6.07 Å². The number of amides is 1. The van der Waals surface area contributed by atoms with Gasteiger partial charge < -0.3 is 4.57 Å². The average Bonchev–Trinajstić information content (AvgIpc) is 3.02. The molecule has 0 atom stereocenters. The number of hydrogen-bond acceptors (Lipinski definition) is 4. The molecule has 9 heteroatoms. The van der Waals surface area contributed by atoms with Crippen LogP contribution in [0.1, 0.15) is 37.0 Å². The van der Waals surface area contributed by atoms with Crippen LogP contribution in [-0.2, 0) is 17.1 Å². The van der Waals surface area contributed by atoms with Gasteiger partial charge >= 0.3 is 0 Å². The molecule has 0 unspecified atom stereocenters. The number of rotatable bonds is 7. The van der Waals surface area contributed by atoms with Gasteiger partial charge in [0.1, 0.15) is 0 Å². The summed E-state index contributed by atoms with van der Waals surface area (Å²) in [6.07, 6.45) is 1.48. The third-order valence-corrected chi connectivity index (χ3v) is 7.90. The highest BCUT2D eigenvalue weighted by Gasteiger charge is 2.23. The normalized spacial score (nSPS) is 12.8. The molecule has 160 valence electrons. The van der Waals surface area contributed by atoms with E-state index in [4.69, 9.17) is 11.6 Å². The van der Waals surface area contributed by atoms with E-state index in [0.717, 1.165) is 23.1 Å². The van der Waals surface area contributed by atoms with Crippen LogP contribution in [0.4, 0.5) is 0 Å². The van der Waals surface area contributed by atoms with Crippen LogP contribution in [-0.4, -0.2) is 36.3 Å². The summed E-state index contributed by atoms with van der Waals surface area (Å²) in [6.45, 7) is 4.84. The van der Waals surface area contributed by atoms with Crippen LogP contribution in [0.25, 0.3) is 10.2 Å².